The van der Waals surface area contributed by atoms with E-state index in [4.69, 9.17) is 16.3 Å². The molecule has 2 amide bonds. The highest BCUT2D eigenvalue weighted by Crippen LogP contribution is 2.36. The van der Waals surface area contributed by atoms with E-state index in [1.54, 1.807) is 12.0 Å². The van der Waals surface area contributed by atoms with Gasteiger partial charge in [-0.15, -0.1) is 0 Å². The smallest absolute Gasteiger partial charge is 0.417 e. The molecule has 1 saturated heterocycles. The second-order valence-electron chi connectivity index (χ2n) is 6.81. The van der Waals surface area contributed by atoms with Gasteiger partial charge in [-0.2, -0.15) is 13.2 Å². The van der Waals surface area contributed by atoms with Gasteiger partial charge < -0.3 is 19.9 Å². The molecule has 3 rings (SSSR count). The van der Waals surface area contributed by atoms with E-state index in [1.165, 1.54) is 6.07 Å². The molecule has 1 aliphatic rings. The summed E-state index contributed by atoms with van der Waals surface area (Å²) in [4.78, 5) is 16.3. The van der Waals surface area contributed by atoms with Crippen molar-refractivity contribution in [3.8, 4) is 5.75 Å². The monoisotopic (exact) mass is 427 g/mol. The molecule has 1 N–H and O–H groups in total. The van der Waals surface area contributed by atoms with Crippen LogP contribution in [-0.2, 0) is 6.18 Å². The van der Waals surface area contributed by atoms with Crippen LogP contribution in [0.5, 0.6) is 5.75 Å². The van der Waals surface area contributed by atoms with E-state index in [1.807, 2.05) is 31.2 Å². The molecule has 1 unspecified atom stereocenters. The number of rotatable bonds is 3. The molecule has 0 radical (unpaired) electrons. The molecular weight excluding hydrogens is 407 g/mol. The number of carbonyl (C=O) groups excluding carboxylic acids is 1. The lowest BCUT2D eigenvalue weighted by Crippen LogP contribution is -2.54. The number of halogens is 4. The minimum absolute atomic E-state index is 0.0406. The van der Waals surface area contributed by atoms with Crippen LogP contribution >= 0.6 is 11.6 Å². The van der Waals surface area contributed by atoms with Crippen LogP contribution in [0, 0.1) is 0 Å². The second kappa shape index (κ2) is 8.41. The van der Waals surface area contributed by atoms with Crippen molar-refractivity contribution in [3.05, 3.63) is 53.1 Å². The molecule has 0 saturated carbocycles. The Kier molecular flexibility index (Phi) is 6.12. The molecule has 5 nitrogen and oxygen atoms in total. The number of carbonyl (C=O) groups is 1. The van der Waals surface area contributed by atoms with Crippen molar-refractivity contribution in [2.75, 3.05) is 37.0 Å². The molecule has 2 aromatic carbocycles. The predicted octanol–water partition coefficient (Wildman–Crippen LogP) is 5.11. The van der Waals surface area contributed by atoms with E-state index < -0.39 is 22.8 Å². The van der Waals surface area contributed by atoms with E-state index in [0.29, 0.717) is 19.6 Å². The fourth-order valence-electron chi connectivity index (χ4n) is 3.32. The Morgan fingerprint density at radius 1 is 1.17 bits per heavy atom. The summed E-state index contributed by atoms with van der Waals surface area (Å²) in [6, 6.07) is 10.6. The van der Waals surface area contributed by atoms with Crippen molar-refractivity contribution in [2.24, 2.45) is 0 Å². The topological polar surface area (TPSA) is 44.8 Å². The normalized spacial score (nSPS) is 17.2. The molecule has 0 spiro atoms. The van der Waals surface area contributed by atoms with E-state index in [9.17, 15) is 18.0 Å². The van der Waals surface area contributed by atoms with E-state index in [0.717, 1.165) is 23.6 Å². The maximum absolute atomic E-state index is 13.0. The maximum atomic E-state index is 13.0. The Labute approximate surface area is 172 Å². The average molecular weight is 428 g/mol. The zero-order chi connectivity index (χ0) is 21.2. The third kappa shape index (κ3) is 4.87. The van der Waals surface area contributed by atoms with Crippen LogP contribution in [0.2, 0.25) is 5.02 Å². The summed E-state index contributed by atoms with van der Waals surface area (Å²) >= 11 is 5.62. The number of methoxy groups -OCH3 is 1. The Hall–Kier alpha value is -2.61. The molecule has 1 aliphatic heterocycles. The van der Waals surface area contributed by atoms with Gasteiger partial charge in [0.25, 0.3) is 0 Å². The van der Waals surface area contributed by atoms with Gasteiger partial charge >= 0.3 is 12.2 Å². The predicted molar refractivity (Wildman–Crippen MR) is 107 cm³/mol. The first-order valence-corrected chi connectivity index (χ1v) is 9.40. The first-order valence-electron chi connectivity index (χ1n) is 9.02. The van der Waals surface area contributed by atoms with E-state index in [-0.39, 0.29) is 11.7 Å². The maximum Gasteiger partial charge on any atom is 0.417 e. The number of urea groups is 1. The summed E-state index contributed by atoms with van der Waals surface area (Å²) in [5, 5.41) is 2.13. The van der Waals surface area contributed by atoms with Gasteiger partial charge in [0.15, 0.2) is 0 Å². The van der Waals surface area contributed by atoms with Gasteiger partial charge in [-0.3, -0.25) is 0 Å². The number of ether oxygens (including phenoxy) is 1. The Balaban J connectivity index is 1.65. The molecule has 1 fully saturated rings. The summed E-state index contributed by atoms with van der Waals surface area (Å²) < 4.78 is 44.2. The zero-order valence-corrected chi connectivity index (χ0v) is 16.7. The number of anilines is 2. The Morgan fingerprint density at radius 3 is 2.45 bits per heavy atom. The number of amides is 2. The highest BCUT2D eigenvalue weighted by atomic mass is 35.5. The van der Waals surface area contributed by atoms with Crippen molar-refractivity contribution in [3.63, 3.8) is 0 Å². The lowest BCUT2D eigenvalue weighted by molar-refractivity contribution is -0.137. The summed E-state index contributed by atoms with van der Waals surface area (Å²) in [6.07, 6.45) is -4.59. The molecule has 0 bridgehead atoms. The number of nitrogens with zero attached hydrogens (tertiary/aromatic N) is 2. The molecule has 0 aromatic heterocycles. The van der Waals surface area contributed by atoms with Crippen LogP contribution in [0.15, 0.2) is 42.5 Å². The van der Waals surface area contributed by atoms with Crippen LogP contribution in [0.25, 0.3) is 0 Å². The number of nitrogens with one attached hydrogen (secondary N) is 1. The van der Waals surface area contributed by atoms with Gasteiger partial charge in [0.1, 0.15) is 5.75 Å². The third-order valence-electron chi connectivity index (χ3n) is 4.84. The third-order valence-corrected chi connectivity index (χ3v) is 5.17. The molecule has 1 atom stereocenters. The minimum atomic E-state index is -4.59. The molecule has 1 heterocycles. The van der Waals surface area contributed by atoms with E-state index in [2.05, 4.69) is 10.2 Å². The first-order chi connectivity index (χ1) is 13.7. The van der Waals surface area contributed by atoms with Gasteiger partial charge in [-0.25, -0.2) is 4.79 Å². The van der Waals surface area contributed by atoms with Crippen LogP contribution in [0.4, 0.5) is 29.3 Å². The minimum Gasteiger partial charge on any atom is -0.497 e. The Morgan fingerprint density at radius 2 is 1.86 bits per heavy atom. The number of alkyl halides is 3. The SMILES string of the molecule is COc1ccc(N2CCN(C(=O)Nc3ccc(Cl)c(C(F)(F)F)c3)CC2C)cc1. The van der Waals surface area contributed by atoms with Crippen LogP contribution < -0.4 is 15.0 Å². The highest BCUT2D eigenvalue weighted by molar-refractivity contribution is 6.31. The van der Waals surface area contributed by atoms with Crippen molar-refractivity contribution < 1.29 is 22.7 Å². The zero-order valence-electron chi connectivity index (χ0n) is 16.0. The van der Waals surface area contributed by atoms with Crippen molar-refractivity contribution >= 4 is 29.0 Å². The van der Waals surface area contributed by atoms with Crippen LogP contribution in [0.1, 0.15) is 12.5 Å². The molecule has 156 valence electrons. The number of hydrogen-bond acceptors (Lipinski definition) is 3. The Bertz CT molecular complexity index is 874. The summed E-state index contributed by atoms with van der Waals surface area (Å²) in [6.45, 7) is 3.49. The van der Waals surface area contributed by atoms with Gasteiger partial charge in [-0.1, -0.05) is 11.6 Å². The number of piperazine rings is 1. The van der Waals surface area contributed by atoms with Crippen molar-refractivity contribution in [1.29, 1.82) is 0 Å². The lowest BCUT2D eigenvalue weighted by atomic mass is 10.1. The molecule has 2 aromatic rings. The fraction of sp³-hybridized carbons (Fsp3) is 0.350. The molecule has 0 aliphatic carbocycles. The first kappa shape index (κ1) is 21.1. The van der Waals surface area contributed by atoms with Gasteiger partial charge in [0.2, 0.25) is 0 Å². The number of hydrogen-bond donors (Lipinski definition) is 1. The van der Waals surface area contributed by atoms with Gasteiger partial charge in [0, 0.05) is 37.1 Å². The molecular formula is C20H21ClF3N3O2. The molecule has 29 heavy (non-hydrogen) atoms. The average Bonchev–Trinajstić information content (AvgIpc) is 2.68. The standard InChI is InChI=1S/C20H21ClF3N3O2/c1-13-12-26(9-10-27(13)15-4-6-16(29-2)7-5-15)19(28)25-14-3-8-18(21)17(11-14)20(22,23)24/h3-8,11,13H,9-10,12H2,1-2H3,(H,25,28). The lowest BCUT2D eigenvalue weighted by Gasteiger charge is -2.41. The van der Waals surface area contributed by atoms with Gasteiger partial charge in [-0.05, 0) is 49.4 Å². The van der Waals surface area contributed by atoms with Crippen LogP contribution in [-0.4, -0.2) is 43.7 Å². The summed E-state index contributed by atoms with van der Waals surface area (Å²) in [5.74, 6) is 0.764. The fourth-order valence-corrected chi connectivity index (χ4v) is 3.55. The summed E-state index contributed by atoms with van der Waals surface area (Å²) in [7, 11) is 1.60. The molecule has 9 heteroatoms. The second-order valence-corrected chi connectivity index (χ2v) is 7.22. The van der Waals surface area contributed by atoms with Crippen LogP contribution in [0.3, 0.4) is 0 Å². The number of benzene rings is 2. The largest absolute Gasteiger partial charge is 0.497 e. The van der Waals surface area contributed by atoms with Crippen molar-refractivity contribution in [1.82, 2.24) is 4.90 Å². The van der Waals surface area contributed by atoms with Crippen molar-refractivity contribution in [2.45, 2.75) is 19.1 Å². The highest BCUT2D eigenvalue weighted by Gasteiger charge is 2.34. The van der Waals surface area contributed by atoms with Gasteiger partial charge in [0.05, 0.1) is 17.7 Å². The summed E-state index contributed by atoms with van der Waals surface area (Å²) in [5.41, 5.74) is 0.0949. The quantitative estimate of drug-likeness (QED) is 0.740. The van der Waals surface area contributed by atoms with E-state index >= 15 is 0 Å².